The number of hydrogen-bond donors (Lipinski definition) is 2. The molecule has 1 saturated heterocycles. The monoisotopic (exact) mass is 651 g/mol. The van der Waals surface area contributed by atoms with Crippen LogP contribution in [0, 0.1) is 17.8 Å². The van der Waals surface area contributed by atoms with Gasteiger partial charge in [-0.1, -0.05) is 0 Å². The molecule has 2 saturated carbocycles. The Hall–Kier alpha value is -3.69. The van der Waals surface area contributed by atoms with Gasteiger partial charge in [-0.2, -0.15) is 23.4 Å². The molecule has 0 unspecified atom stereocenters. The first-order chi connectivity index (χ1) is 21.8. The van der Waals surface area contributed by atoms with Crippen LogP contribution in [0.1, 0.15) is 85.5 Å². The summed E-state index contributed by atoms with van der Waals surface area (Å²) in [5.41, 5.74) is 1.60. The van der Waals surface area contributed by atoms with Crippen LogP contribution >= 0.6 is 0 Å². The molecule has 3 aliphatic rings. The van der Waals surface area contributed by atoms with Crippen molar-refractivity contribution in [2.45, 2.75) is 95.6 Å². The maximum absolute atomic E-state index is 14.1. The minimum atomic E-state index is -4.44. The maximum Gasteiger partial charge on any atom is 0.393 e. The van der Waals surface area contributed by atoms with Crippen LogP contribution in [0.25, 0.3) is 5.78 Å². The van der Waals surface area contributed by atoms with E-state index in [1.807, 2.05) is 14.0 Å². The third-order valence-corrected chi connectivity index (χ3v) is 9.51. The second-order valence-corrected chi connectivity index (χ2v) is 12.9. The number of rotatable bonds is 10. The third-order valence-electron chi connectivity index (χ3n) is 9.51. The summed E-state index contributed by atoms with van der Waals surface area (Å²) in [6.45, 7) is 2.22. The van der Waals surface area contributed by atoms with Gasteiger partial charge < -0.3 is 10.6 Å². The van der Waals surface area contributed by atoms with Gasteiger partial charge in [-0.15, -0.1) is 0 Å². The number of aromatic nitrogens is 6. The van der Waals surface area contributed by atoms with Crippen molar-refractivity contribution in [1.29, 1.82) is 0 Å². The molecule has 0 radical (unpaired) electrons. The highest BCUT2D eigenvalue weighted by Crippen LogP contribution is 2.41. The molecule has 0 spiro atoms. The van der Waals surface area contributed by atoms with Gasteiger partial charge in [0.1, 0.15) is 5.69 Å². The molecule has 1 aliphatic heterocycles. The molecule has 3 aromatic rings. The zero-order valence-corrected chi connectivity index (χ0v) is 25.7. The minimum absolute atomic E-state index is 0.0401. The van der Waals surface area contributed by atoms with E-state index < -0.39 is 48.3 Å². The number of carbonyl (C=O) groups excluding carboxylic acids is 2. The molecule has 11 nitrogen and oxygen atoms in total. The Bertz CT molecular complexity index is 1570. The first kappa shape index (κ1) is 32.3. The number of hydrogen-bond acceptors (Lipinski definition) is 7. The summed E-state index contributed by atoms with van der Waals surface area (Å²) in [6, 6.07) is 1.21. The van der Waals surface area contributed by atoms with Gasteiger partial charge in [0.05, 0.1) is 35.2 Å². The second-order valence-electron chi connectivity index (χ2n) is 12.9. The van der Waals surface area contributed by atoms with Crippen molar-refractivity contribution < 1.29 is 31.5 Å². The summed E-state index contributed by atoms with van der Waals surface area (Å²) in [6.07, 6.45) is 0.00589. The SMILES string of the molecule is CCn1nccc1C(=O)N[C@H](c1cn2nc(C[C@H]3C[C@@H](C(F)(F)F)CNC3=O)c(CN(C)C3CC3)nc2n1)C1CCC(F)(F)CC1. The third kappa shape index (κ3) is 7.00. The van der Waals surface area contributed by atoms with Crippen molar-refractivity contribution in [2.24, 2.45) is 17.8 Å². The van der Waals surface area contributed by atoms with E-state index in [4.69, 9.17) is 15.1 Å². The maximum atomic E-state index is 14.1. The summed E-state index contributed by atoms with van der Waals surface area (Å²) in [5, 5.41) is 14.3. The Morgan fingerprint density at radius 2 is 1.91 bits per heavy atom. The number of imidazole rings is 1. The molecule has 0 aromatic carbocycles. The molecule has 46 heavy (non-hydrogen) atoms. The number of carbonyl (C=O) groups is 2. The lowest BCUT2D eigenvalue weighted by Gasteiger charge is -2.33. The van der Waals surface area contributed by atoms with Crippen LogP contribution < -0.4 is 10.6 Å². The molecule has 250 valence electrons. The molecule has 4 heterocycles. The van der Waals surface area contributed by atoms with E-state index in [9.17, 15) is 31.5 Å². The van der Waals surface area contributed by atoms with Gasteiger partial charge in [0.15, 0.2) is 0 Å². The Morgan fingerprint density at radius 1 is 1.17 bits per heavy atom. The predicted octanol–water partition coefficient (Wildman–Crippen LogP) is 4.09. The average Bonchev–Trinajstić information content (AvgIpc) is 3.60. The molecule has 2 amide bonds. The summed E-state index contributed by atoms with van der Waals surface area (Å²) >= 11 is 0. The lowest BCUT2D eigenvalue weighted by atomic mass is 9.81. The molecule has 3 aromatic heterocycles. The number of amides is 2. The highest BCUT2D eigenvalue weighted by Gasteiger charge is 2.45. The Morgan fingerprint density at radius 3 is 2.59 bits per heavy atom. The van der Waals surface area contributed by atoms with E-state index in [2.05, 4.69) is 20.6 Å². The molecule has 2 N–H and O–H groups in total. The molecule has 3 fully saturated rings. The Balaban J connectivity index is 1.34. The number of piperidine rings is 1. The molecule has 3 atom stereocenters. The van der Waals surface area contributed by atoms with Crippen LogP contribution in [0.4, 0.5) is 22.0 Å². The number of fused-ring (bicyclic) bond motifs is 1. The molecule has 6 rings (SSSR count). The van der Waals surface area contributed by atoms with Crippen molar-refractivity contribution in [1.82, 2.24) is 44.9 Å². The average molecular weight is 652 g/mol. The first-order valence-corrected chi connectivity index (χ1v) is 15.8. The van der Waals surface area contributed by atoms with Gasteiger partial charge in [-0.3, -0.25) is 19.2 Å². The van der Waals surface area contributed by atoms with Crippen molar-refractivity contribution >= 4 is 17.6 Å². The standard InChI is InChI=1S/C30H38F5N9O2/c1-3-43-24(8-11-37-43)27(46)40-25(17-6-9-29(31,32)10-7-17)23-16-44-28(39-23)38-22(15-42(2)20-4-5-20)21(41-44)13-18-12-19(30(33,34)35)14-36-26(18)45/h8,11,16-20,25H,3-7,9-10,12-15H2,1-2H3,(H,36,45)(H,40,46)/t18-,19-,25+/m1/s1. The van der Waals surface area contributed by atoms with Crippen molar-refractivity contribution in [2.75, 3.05) is 13.6 Å². The highest BCUT2D eigenvalue weighted by molar-refractivity contribution is 5.92. The normalized spacial score (nSPS) is 23.1. The molecule has 0 bridgehead atoms. The number of aryl methyl sites for hydroxylation is 1. The smallest absolute Gasteiger partial charge is 0.355 e. The summed E-state index contributed by atoms with van der Waals surface area (Å²) < 4.78 is 71.9. The topological polar surface area (TPSA) is 122 Å². The predicted molar refractivity (Wildman–Crippen MR) is 155 cm³/mol. The van der Waals surface area contributed by atoms with Crippen LogP contribution in [0.2, 0.25) is 0 Å². The number of nitrogens with zero attached hydrogens (tertiary/aromatic N) is 7. The van der Waals surface area contributed by atoms with E-state index in [0.29, 0.717) is 41.9 Å². The van der Waals surface area contributed by atoms with Crippen LogP contribution in [0.3, 0.4) is 0 Å². The lowest BCUT2D eigenvalue weighted by molar-refractivity contribution is -0.183. The van der Waals surface area contributed by atoms with Crippen LogP contribution in [0.5, 0.6) is 0 Å². The number of nitrogens with one attached hydrogen (secondary N) is 2. The second kappa shape index (κ2) is 12.5. The van der Waals surface area contributed by atoms with E-state index >= 15 is 0 Å². The van der Waals surface area contributed by atoms with E-state index in [1.54, 1.807) is 12.3 Å². The van der Waals surface area contributed by atoms with E-state index in [0.717, 1.165) is 12.8 Å². The van der Waals surface area contributed by atoms with Gasteiger partial charge in [-0.25, -0.2) is 23.3 Å². The van der Waals surface area contributed by atoms with Crippen LogP contribution in [0.15, 0.2) is 18.5 Å². The first-order valence-electron chi connectivity index (χ1n) is 15.8. The lowest BCUT2D eigenvalue weighted by Crippen LogP contribution is -2.47. The van der Waals surface area contributed by atoms with Crippen LogP contribution in [-0.2, 0) is 24.3 Å². The Kier molecular flexibility index (Phi) is 8.76. The van der Waals surface area contributed by atoms with E-state index in [-0.39, 0.29) is 50.2 Å². The molecule has 16 heteroatoms. The summed E-state index contributed by atoms with van der Waals surface area (Å²) in [4.78, 5) is 37.6. The van der Waals surface area contributed by atoms with E-state index in [1.165, 1.54) is 15.4 Å². The molecular weight excluding hydrogens is 613 g/mol. The number of alkyl halides is 5. The summed E-state index contributed by atoms with van der Waals surface area (Å²) in [7, 11) is 1.93. The fourth-order valence-electron chi connectivity index (χ4n) is 6.60. The van der Waals surface area contributed by atoms with Gasteiger partial charge in [0, 0.05) is 57.1 Å². The van der Waals surface area contributed by atoms with Crippen molar-refractivity contribution in [3.8, 4) is 0 Å². The fraction of sp³-hybridized carbons (Fsp3) is 0.667. The van der Waals surface area contributed by atoms with Gasteiger partial charge in [-0.05, 0) is 58.1 Å². The van der Waals surface area contributed by atoms with Crippen molar-refractivity contribution in [3.63, 3.8) is 0 Å². The van der Waals surface area contributed by atoms with Crippen LogP contribution in [-0.4, -0.2) is 77.8 Å². The zero-order valence-electron chi connectivity index (χ0n) is 25.7. The highest BCUT2D eigenvalue weighted by atomic mass is 19.4. The largest absolute Gasteiger partial charge is 0.393 e. The quantitative estimate of drug-likeness (QED) is 0.317. The molecular formula is C30H38F5N9O2. The number of halogens is 5. The minimum Gasteiger partial charge on any atom is -0.355 e. The van der Waals surface area contributed by atoms with Gasteiger partial charge >= 0.3 is 6.18 Å². The van der Waals surface area contributed by atoms with Crippen molar-refractivity contribution in [3.05, 3.63) is 41.2 Å². The summed E-state index contributed by atoms with van der Waals surface area (Å²) in [5.74, 6) is -6.38. The van der Waals surface area contributed by atoms with Gasteiger partial charge in [0.25, 0.3) is 11.7 Å². The Labute approximate surface area is 262 Å². The van der Waals surface area contributed by atoms with Gasteiger partial charge in [0.2, 0.25) is 11.8 Å². The molecule has 2 aliphatic carbocycles. The zero-order chi connectivity index (χ0) is 32.8. The fourth-order valence-corrected chi connectivity index (χ4v) is 6.60.